The van der Waals surface area contributed by atoms with Crippen LogP contribution in [-0.4, -0.2) is 22.6 Å². The van der Waals surface area contributed by atoms with Gasteiger partial charge in [-0.15, -0.1) is 0 Å². The molecular weight excluding hydrogens is 246 g/mol. The van der Waals surface area contributed by atoms with Crippen LogP contribution in [0, 0.1) is 5.92 Å². The van der Waals surface area contributed by atoms with E-state index in [4.69, 9.17) is 4.98 Å². The summed E-state index contributed by atoms with van der Waals surface area (Å²) >= 11 is 0. The van der Waals surface area contributed by atoms with Gasteiger partial charge in [-0.2, -0.15) is 0 Å². The monoisotopic (exact) mass is 269 g/mol. The zero-order valence-corrected chi connectivity index (χ0v) is 12.4. The van der Waals surface area contributed by atoms with E-state index < -0.39 is 0 Å². The van der Waals surface area contributed by atoms with Gasteiger partial charge in [0.05, 0.1) is 11.0 Å². The number of para-hydroxylation sites is 2. The Morgan fingerprint density at radius 2 is 2.10 bits per heavy atom. The highest BCUT2D eigenvalue weighted by Crippen LogP contribution is 2.45. The fourth-order valence-corrected chi connectivity index (χ4v) is 3.75. The molecule has 1 aliphatic carbocycles. The van der Waals surface area contributed by atoms with Crippen LogP contribution in [0.5, 0.6) is 0 Å². The third kappa shape index (κ3) is 1.65. The molecule has 1 N–H and O–H groups in total. The summed E-state index contributed by atoms with van der Waals surface area (Å²) in [5.41, 5.74) is 2.71. The maximum atomic E-state index is 5.07. The number of hydrogen-bond acceptors (Lipinski definition) is 2. The number of nitrogens with one attached hydrogen (secondary N) is 1. The van der Waals surface area contributed by atoms with E-state index in [9.17, 15) is 0 Å². The molecule has 20 heavy (non-hydrogen) atoms. The molecule has 0 radical (unpaired) electrons. The normalized spacial score (nSPS) is 26.8. The summed E-state index contributed by atoms with van der Waals surface area (Å²) in [6.07, 6.45) is 3.84. The molecule has 1 saturated heterocycles. The van der Waals surface area contributed by atoms with E-state index in [-0.39, 0.29) is 5.41 Å². The lowest BCUT2D eigenvalue weighted by Crippen LogP contribution is -2.37. The van der Waals surface area contributed by atoms with Crippen LogP contribution in [0.15, 0.2) is 24.3 Å². The minimum absolute atomic E-state index is 0.210. The second-order valence-electron chi connectivity index (χ2n) is 6.76. The molecule has 1 saturated carbocycles. The van der Waals surface area contributed by atoms with Crippen molar-refractivity contribution >= 4 is 11.0 Å². The van der Waals surface area contributed by atoms with E-state index in [0.29, 0.717) is 12.0 Å². The number of hydrogen-bond donors (Lipinski definition) is 1. The Morgan fingerprint density at radius 3 is 2.75 bits per heavy atom. The molecule has 4 rings (SSSR count). The van der Waals surface area contributed by atoms with Crippen LogP contribution in [0.2, 0.25) is 0 Å². The van der Waals surface area contributed by atoms with Crippen molar-refractivity contribution in [1.29, 1.82) is 0 Å². The van der Waals surface area contributed by atoms with Crippen molar-refractivity contribution in [3.63, 3.8) is 0 Å². The predicted octanol–water partition coefficient (Wildman–Crippen LogP) is 3.26. The molecule has 3 heteroatoms. The molecular formula is C17H23N3. The van der Waals surface area contributed by atoms with Crippen molar-refractivity contribution in [2.24, 2.45) is 5.92 Å². The highest BCUT2D eigenvalue weighted by Gasteiger charge is 2.44. The smallest absolute Gasteiger partial charge is 0.117 e. The number of rotatable bonds is 3. The van der Waals surface area contributed by atoms with Crippen molar-refractivity contribution in [2.75, 3.05) is 13.1 Å². The van der Waals surface area contributed by atoms with Crippen LogP contribution in [0.25, 0.3) is 11.0 Å². The van der Waals surface area contributed by atoms with Gasteiger partial charge in [0.25, 0.3) is 0 Å². The van der Waals surface area contributed by atoms with E-state index in [0.717, 1.165) is 13.1 Å². The molecule has 0 amide bonds. The molecule has 1 atom stereocenters. The molecule has 2 aliphatic rings. The van der Waals surface area contributed by atoms with Crippen LogP contribution >= 0.6 is 0 Å². The first-order valence-electron chi connectivity index (χ1n) is 7.90. The zero-order valence-electron chi connectivity index (χ0n) is 12.4. The molecule has 0 bridgehead atoms. The Bertz CT molecular complexity index is 631. The maximum Gasteiger partial charge on any atom is 0.117 e. The van der Waals surface area contributed by atoms with Gasteiger partial charge in [0.2, 0.25) is 0 Å². The first-order valence-corrected chi connectivity index (χ1v) is 7.90. The summed E-state index contributed by atoms with van der Waals surface area (Å²) in [5, 5.41) is 3.57. The second kappa shape index (κ2) is 4.32. The molecule has 1 unspecified atom stereocenters. The fourth-order valence-electron chi connectivity index (χ4n) is 3.75. The maximum absolute atomic E-state index is 5.07. The van der Waals surface area contributed by atoms with Gasteiger partial charge in [-0.05, 0) is 43.9 Å². The van der Waals surface area contributed by atoms with Gasteiger partial charge < -0.3 is 9.88 Å². The van der Waals surface area contributed by atoms with Gasteiger partial charge >= 0.3 is 0 Å². The van der Waals surface area contributed by atoms with Gasteiger partial charge in [0.15, 0.2) is 0 Å². The molecule has 2 heterocycles. The molecule has 2 fully saturated rings. The van der Waals surface area contributed by atoms with Crippen molar-refractivity contribution < 1.29 is 0 Å². The Kier molecular flexibility index (Phi) is 2.68. The molecule has 3 nitrogen and oxygen atoms in total. The number of fused-ring (bicyclic) bond motifs is 1. The first-order chi connectivity index (χ1) is 9.72. The van der Waals surface area contributed by atoms with Crippen LogP contribution < -0.4 is 5.32 Å². The highest BCUT2D eigenvalue weighted by molar-refractivity contribution is 5.76. The van der Waals surface area contributed by atoms with Crippen molar-refractivity contribution in [3.05, 3.63) is 30.1 Å². The van der Waals surface area contributed by atoms with E-state index in [1.54, 1.807) is 0 Å². The minimum Gasteiger partial charge on any atom is -0.324 e. The Morgan fingerprint density at radius 1 is 1.30 bits per heavy atom. The van der Waals surface area contributed by atoms with Gasteiger partial charge in [0, 0.05) is 18.0 Å². The summed E-state index contributed by atoms with van der Waals surface area (Å²) in [6.45, 7) is 6.89. The number of nitrogens with zero attached hydrogens (tertiary/aromatic N) is 2. The number of aromatic nitrogens is 2. The summed E-state index contributed by atoms with van der Waals surface area (Å²) in [5.74, 6) is 1.95. The minimum atomic E-state index is 0.210. The predicted molar refractivity (Wildman–Crippen MR) is 82.0 cm³/mol. The molecule has 1 aliphatic heterocycles. The van der Waals surface area contributed by atoms with Crippen molar-refractivity contribution in [3.8, 4) is 0 Å². The molecule has 2 aromatic rings. The lowest BCUT2D eigenvalue weighted by molar-refractivity contribution is 0.307. The lowest BCUT2D eigenvalue weighted by atomic mass is 9.75. The van der Waals surface area contributed by atoms with Gasteiger partial charge in [-0.1, -0.05) is 26.0 Å². The van der Waals surface area contributed by atoms with Crippen LogP contribution in [-0.2, 0) is 5.41 Å². The largest absolute Gasteiger partial charge is 0.324 e. The molecule has 106 valence electrons. The summed E-state index contributed by atoms with van der Waals surface area (Å²) in [7, 11) is 0. The zero-order chi connectivity index (χ0) is 13.7. The second-order valence-corrected chi connectivity index (χ2v) is 6.76. The fraction of sp³-hybridized carbons (Fsp3) is 0.588. The van der Waals surface area contributed by atoms with E-state index in [1.807, 2.05) is 0 Å². The number of benzene rings is 1. The van der Waals surface area contributed by atoms with E-state index in [2.05, 4.69) is 48.0 Å². The van der Waals surface area contributed by atoms with Crippen molar-refractivity contribution in [1.82, 2.24) is 14.9 Å². The number of imidazole rings is 1. The van der Waals surface area contributed by atoms with E-state index in [1.165, 1.54) is 36.1 Å². The molecule has 1 aromatic heterocycles. The van der Waals surface area contributed by atoms with Crippen LogP contribution in [0.4, 0.5) is 0 Å². The molecule has 0 spiro atoms. The van der Waals surface area contributed by atoms with Gasteiger partial charge in [-0.25, -0.2) is 4.98 Å². The average Bonchev–Trinajstić information content (AvgIpc) is 3.04. The topological polar surface area (TPSA) is 29.9 Å². The first kappa shape index (κ1) is 12.4. The van der Waals surface area contributed by atoms with Gasteiger partial charge in [0.1, 0.15) is 5.82 Å². The van der Waals surface area contributed by atoms with Gasteiger partial charge in [-0.3, -0.25) is 0 Å². The van der Waals surface area contributed by atoms with Crippen molar-refractivity contribution in [2.45, 2.75) is 44.6 Å². The standard InChI is InChI=1S/C17H23N3/c1-12(2)17(9-10-18-11-17)16-19-14-5-3-4-6-15(14)20(16)13-7-8-13/h3-6,12-13,18H,7-11H2,1-2H3. The quantitative estimate of drug-likeness (QED) is 0.927. The van der Waals surface area contributed by atoms with Crippen LogP contribution in [0.1, 0.15) is 45.0 Å². The SMILES string of the molecule is CC(C)C1(c2nc3ccccc3n2C2CC2)CCNC1. The Hall–Kier alpha value is -1.35. The lowest BCUT2D eigenvalue weighted by Gasteiger charge is -2.32. The summed E-state index contributed by atoms with van der Waals surface area (Å²) in [6, 6.07) is 9.33. The Balaban J connectivity index is 1.96. The Labute approximate surface area is 120 Å². The highest BCUT2D eigenvalue weighted by atomic mass is 15.2. The molecule has 1 aromatic carbocycles. The summed E-state index contributed by atoms with van der Waals surface area (Å²) in [4.78, 5) is 5.07. The third-order valence-corrected chi connectivity index (χ3v) is 5.25. The van der Waals surface area contributed by atoms with E-state index >= 15 is 0 Å². The third-order valence-electron chi connectivity index (χ3n) is 5.25. The summed E-state index contributed by atoms with van der Waals surface area (Å²) < 4.78 is 2.56. The average molecular weight is 269 g/mol. The van der Waals surface area contributed by atoms with Crippen LogP contribution in [0.3, 0.4) is 0 Å².